The Balaban J connectivity index is 2.37. The van der Waals surface area contributed by atoms with Crippen molar-refractivity contribution in [3.63, 3.8) is 0 Å². The lowest BCUT2D eigenvalue weighted by atomic mass is 9.88. The molecule has 0 amide bonds. The van der Waals surface area contributed by atoms with Gasteiger partial charge in [0, 0.05) is 11.5 Å². The van der Waals surface area contributed by atoms with Crippen molar-refractivity contribution in [1.82, 2.24) is 4.98 Å². The van der Waals surface area contributed by atoms with Crippen LogP contribution in [0.3, 0.4) is 0 Å². The highest BCUT2D eigenvalue weighted by Gasteiger charge is 2.25. The Bertz CT molecular complexity index is 631. The fraction of sp³-hybridized carbons (Fsp3) is 0.385. The van der Waals surface area contributed by atoms with Crippen molar-refractivity contribution in [3.05, 3.63) is 38.4 Å². The van der Waals surface area contributed by atoms with Gasteiger partial charge in [0.05, 0.1) is 10.7 Å². The lowest BCUT2D eigenvalue weighted by Gasteiger charge is -2.18. The number of hydrogen-bond donors (Lipinski definition) is 0. The fourth-order valence-electron chi connectivity index (χ4n) is 2.37. The van der Waals surface area contributed by atoms with E-state index in [1.54, 1.807) is 11.3 Å². The predicted molar refractivity (Wildman–Crippen MR) is 66.7 cm³/mol. The molecular weight excluding hydrogens is 216 g/mol. The van der Waals surface area contributed by atoms with Crippen LogP contribution in [0.25, 0.3) is 5.57 Å². The molecule has 0 saturated heterocycles. The third-order valence-electron chi connectivity index (χ3n) is 3.20. The van der Waals surface area contributed by atoms with Gasteiger partial charge in [0.25, 0.3) is 0 Å². The summed E-state index contributed by atoms with van der Waals surface area (Å²) in [7, 11) is 0. The molecule has 1 aromatic rings. The van der Waals surface area contributed by atoms with Crippen molar-refractivity contribution in [2.75, 3.05) is 0 Å². The van der Waals surface area contributed by atoms with Gasteiger partial charge in [-0.2, -0.15) is 0 Å². The van der Waals surface area contributed by atoms with E-state index in [0.29, 0.717) is 5.92 Å². The van der Waals surface area contributed by atoms with E-state index >= 15 is 0 Å². The van der Waals surface area contributed by atoms with Crippen molar-refractivity contribution >= 4 is 16.9 Å². The molecular formula is C13H14N2S. The molecule has 3 rings (SSSR count). The normalized spacial score (nSPS) is 22.2. The highest BCUT2D eigenvalue weighted by molar-refractivity contribution is 7.09. The number of hydrogen-bond acceptors (Lipinski definition) is 3. The number of fused-ring (bicyclic) bond motifs is 2. The third kappa shape index (κ3) is 1.24. The van der Waals surface area contributed by atoms with Gasteiger partial charge in [-0.15, -0.1) is 0 Å². The highest BCUT2D eigenvalue weighted by Crippen LogP contribution is 2.33. The van der Waals surface area contributed by atoms with Crippen molar-refractivity contribution in [2.24, 2.45) is 10.9 Å². The van der Waals surface area contributed by atoms with Gasteiger partial charge in [0.2, 0.25) is 0 Å². The second kappa shape index (κ2) is 3.39. The van der Waals surface area contributed by atoms with Crippen LogP contribution in [0.15, 0.2) is 28.4 Å². The minimum Gasteiger partial charge on any atom is -0.239 e. The fourth-order valence-corrected chi connectivity index (χ4v) is 3.18. The van der Waals surface area contributed by atoms with Gasteiger partial charge in [0.1, 0.15) is 10.0 Å². The lowest BCUT2D eigenvalue weighted by Crippen LogP contribution is -2.22. The summed E-state index contributed by atoms with van der Waals surface area (Å²) in [4.78, 5) is 9.35. The zero-order valence-electron chi connectivity index (χ0n) is 9.74. The first-order chi connectivity index (χ1) is 7.70. The SMILES string of the molecule is CCC1C=CC(C)=C2N=c3sc(C)nc3=C21. The summed E-state index contributed by atoms with van der Waals surface area (Å²) in [5, 5.41) is 2.25. The van der Waals surface area contributed by atoms with Gasteiger partial charge >= 0.3 is 0 Å². The molecule has 0 N–H and O–H groups in total. The summed E-state index contributed by atoms with van der Waals surface area (Å²) in [5.41, 5.74) is 3.78. The van der Waals surface area contributed by atoms with Gasteiger partial charge in [-0.25, -0.2) is 9.98 Å². The Morgan fingerprint density at radius 3 is 2.94 bits per heavy atom. The van der Waals surface area contributed by atoms with Crippen molar-refractivity contribution in [3.8, 4) is 0 Å². The highest BCUT2D eigenvalue weighted by atomic mass is 32.1. The topological polar surface area (TPSA) is 25.2 Å². The van der Waals surface area contributed by atoms with Gasteiger partial charge in [-0.1, -0.05) is 30.4 Å². The van der Waals surface area contributed by atoms with Crippen LogP contribution in [0, 0.1) is 12.8 Å². The van der Waals surface area contributed by atoms with Crippen LogP contribution in [-0.4, -0.2) is 4.98 Å². The van der Waals surface area contributed by atoms with E-state index in [0.717, 1.165) is 21.4 Å². The van der Waals surface area contributed by atoms with Crippen LogP contribution in [0.2, 0.25) is 0 Å². The summed E-state index contributed by atoms with van der Waals surface area (Å²) < 4.78 is 1.10. The van der Waals surface area contributed by atoms with Crippen LogP contribution in [0.5, 0.6) is 0 Å². The molecule has 2 nitrogen and oxygen atoms in total. The largest absolute Gasteiger partial charge is 0.239 e. The summed E-state index contributed by atoms with van der Waals surface area (Å²) in [5.74, 6) is 0.491. The second-order valence-corrected chi connectivity index (χ2v) is 5.50. The maximum atomic E-state index is 4.72. The molecule has 3 heteroatoms. The number of thiazole rings is 1. The van der Waals surface area contributed by atoms with E-state index in [9.17, 15) is 0 Å². The standard InChI is InChI=1S/C13H14N2S/c1-4-9-6-5-7(2)11-10(9)12-13(15-11)16-8(3)14-12/h5-6,9H,4H2,1-3H3. The molecule has 82 valence electrons. The minimum absolute atomic E-state index is 0.491. The van der Waals surface area contributed by atoms with Crippen LogP contribution in [0.1, 0.15) is 25.3 Å². The molecule has 2 aliphatic rings. The lowest BCUT2D eigenvalue weighted by molar-refractivity contribution is 0.777. The van der Waals surface area contributed by atoms with E-state index in [1.165, 1.54) is 16.8 Å². The second-order valence-electron chi connectivity index (χ2n) is 4.32. The Hall–Kier alpha value is -1.22. The van der Waals surface area contributed by atoms with Gasteiger partial charge in [0.15, 0.2) is 0 Å². The number of aryl methyl sites for hydroxylation is 1. The average Bonchev–Trinajstić information content (AvgIpc) is 2.76. The molecule has 2 heterocycles. The van der Waals surface area contributed by atoms with E-state index < -0.39 is 0 Å². The molecule has 1 aliphatic heterocycles. The number of allylic oxidation sites excluding steroid dienone is 4. The smallest absolute Gasteiger partial charge is 0.144 e. The molecule has 0 radical (unpaired) electrons. The quantitative estimate of drug-likeness (QED) is 0.725. The Labute approximate surface area is 98.8 Å². The third-order valence-corrected chi connectivity index (χ3v) is 4.07. The molecule has 0 fully saturated rings. The summed E-state index contributed by atoms with van der Waals surface area (Å²) >= 11 is 1.70. The Kier molecular flexibility index (Phi) is 2.11. The van der Waals surface area contributed by atoms with Gasteiger partial charge in [-0.3, -0.25) is 0 Å². The average molecular weight is 230 g/mol. The van der Waals surface area contributed by atoms with Crippen molar-refractivity contribution in [2.45, 2.75) is 27.2 Å². The number of rotatable bonds is 1. The molecule has 0 bridgehead atoms. The number of aromatic nitrogens is 1. The van der Waals surface area contributed by atoms with Crippen molar-refractivity contribution in [1.29, 1.82) is 0 Å². The molecule has 1 aromatic heterocycles. The molecule has 0 aromatic carbocycles. The molecule has 0 saturated carbocycles. The first-order valence-electron chi connectivity index (χ1n) is 5.66. The van der Waals surface area contributed by atoms with E-state index in [-0.39, 0.29) is 0 Å². The first-order valence-corrected chi connectivity index (χ1v) is 6.48. The van der Waals surface area contributed by atoms with Crippen LogP contribution in [-0.2, 0) is 0 Å². The van der Waals surface area contributed by atoms with Gasteiger partial charge < -0.3 is 0 Å². The molecule has 1 unspecified atom stereocenters. The minimum atomic E-state index is 0.491. The zero-order chi connectivity index (χ0) is 11.3. The van der Waals surface area contributed by atoms with Crippen molar-refractivity contribution < 1.29 is 0 Å². The molecule has 0 spiro atoms. The Morgan fingerprint density at radius 2 is 2.19 bits per heavy atom. The summed E-state index contributed by atoms with van der Waals surface area (Å²) in [6, 6.07) is 0. The van der Waals surface area contributed by atoms with Crippen LogP contribution < -0.4 is 10.0 Å². The monoisotopic (exact) mass is 230 g/mol. The molecule has 1 aliphatic carbocycles. The Morgan fingerprint density at radius 1 is 1.38 bits per heavy atom. The maximum Gasteiger partial charge on any atom is 0.144 e. The van der Waals surface area contributed by atoms with E-state index in [1.807, 2.05) is 0 Å². The summed E-state index contributed by atoms with van der Waals surface area (Å²) in [6.07, 6.45) is 5.60. The maximum absolute atomic E-state index is 4.72. The zero-order valence-corrected chi connectivity index (χ0v) is 10.6. The molecule has 16 heavy (non-hydrogen) atoms. The van der Waals surface area contributed by atoms with Crippen LogP contribution in [0.4, 0.5) is 0 Å². The molecule has 1 atom stereocenters. The van der Waals surface area contributed by atoms with Crippen LogP contribution >= 0.6 is 11.3 Å². The van der Waals surface area contributed by atoms with E-state index in [2.05, 4.69) is 37.9 Å². The first kappa shape index (κ1) is 9.97. The summed E-state index contributed by atoms with van der Waals surface area (Å²) in [6.45, 7) is 6.40. The van der Waals surface area contributed by atoms with Gasteiger partial charge in [-0.05, 0) is 25.8 Å². The predicted octanol–water partition coefficient (Wildman–Crippen LogP) is 2.11. The number of nitrogens with zero attached hydrogens (tertiary/aromatic N) is 2. The van der Waals surface area contributed by atoms with E-state index in [4.69, 9.17) is 4.99 Å².